The number of aromatic nitrogens is 3. The molecule has 0 unspecified atom stereocenters. The van der Waals surface area contributed by atoms with Crippen molar-refractivity contribution in [3.05, 3.63) is 53.2 Å². The molecule has 3 aromatic rings. The van der Waals surface area contributed by atoms with Crippen molar-refractivity contribution < 1.29 is 5.11 Å². The van der Waals surface area contributed by atoms with Gasteiger partial charge in [0, 0.05) is 11.1 Å². The number of halogens is 1. The fourth-order valence-electron chi connectivity index (χ4n) is 1.85. The Balaban J connectivity index is 1.95. The summed E-state index contributed by atoms with van der Waals surface area (Å²) in [5.74, 6) is 0. The number of rotatable bonds is 3. The molecule has 0 saturated heterocycles. The van der Waals surface area contributed by atoms with Crippen molar-refractivity contribution in [2.24, 2.45) is 0 Å². The topological polar surface area (TPSA) is 50.4 Å². The second-order valence-electron chi connectivity index (χ2n) is 4.38. The second kappa shape index (κ2) is 5.44. The van der Waals surface area contributed by atoms with Gasteiger partial charge in [0.2, 0.25) is 0 Å². The number of nitrogens with zero attached hydrogens (tertiary/aromatic N) is 3. The van der Waals surface area contributed by atoms with Crippen molar-refractivity contribution in [3.63, 3.8) is 0 Å². The van der Waals surface area contributed by atoms with Crippen LogP contribution in [0.5, 0.6) is 0 Å². The number of fused-ring (bicyclic) bond motifs is 1. The maximum atomic E-state index is 9.55. The Morgan fingerprint density at radius 2 is 2.10 bits per heavy atom. The molecule has 0 aliphatic rings. The van der Waals surface area contributed by atoms with E-state index in [1.54, 1.807) is 13.0 Å². The van der Waals surface area contributed by atoms with Gasteiger partial charge in [0.05, 0.1) is 11.1 Å². The Morgan fingerprint density at radius 1 is 1.25 bits per heavy atom. The van der Waals surface area contributed by atoms with Crippen LogP contribution in [0.15, 0.2) is 52.6 Å². The minimum Gasteiger partial charge on any atom is -0.389 e. The zero-order valence-electron chi connectivity index (χ0n) is 10.7. The third-order valence-electron chi connectivity index (χ3n) is 2.92. The van der Waals surface area contributed by atoms with E-state index in [9.17, 15) is 5.11 Å². The number of aliphatic hydroxyl groups is 1. The number of pyridine rings is 1. The molecule has 0 radical (unpaired) electrons. The summed E-state index contributed by atoms with van der Waals surface area (Å²) in [5.41, 5.74) is 1.59. The van der Waals surface area contributed by atoms with E-state index in [0.29, 0.717) is 5.02 Å². The Hall–Kier alpha value is -1.56. The Morgan fingerprint density at radius 3 is 2.85 bits per heavy atom. The van der Waals surface area contributed by atoms with E-state index < -0.39 is 6.10 Å². The van der Waals surface area contributed by atoms with Crippen molar-refractivity contribution in [2.75, 3.05) is 0 Å². The number of hydrogen-bond donors (Lipinski definition) is 1. The van der Waals surface area contributed by atoms with Gasteiger partial charge in [-0.2, -0.15) is 0 Å². The monoisotopic (exact) mass is 305 g/mol. The highest BCUT2D eigenvalue weighted by atomic mass is 35.5. The van der Waals surface area contributed by atoms with Crippen molar-refractivity contribution in [1.82, 2.24) is 14.6 Å². The van der Waals surface area contributed by atoms with E-state index in [0.717, 1.165) is 21.3 Å². The average Bonchev–Trinajstić information content (AvgIpc) is 2.84. The highest BCUT2D eigenvalue weighted by Gasteiger charge is 2.11. The molecule has 0 aliphatic carbocycles. The van der Waals surface area contributed by atoms with Gasteiger partial charge in [-0.1, -0.05) is 23.7 Å². The van der Waals surface area contributed by atoms with Crippen molar-refractivity contribution in [2.45, 2.75) is 23.1 Å². The number of hydrogen-bond acceptors (Lipinski definition) is 4. The van der Waals surface area contributed by atoms with Crippen LogP contribution in [-0.2, 0) is 0 Å². The van der Waals surface area contributed by atoms with E-state index in [2.05, 4.69) is 10.2 Å². The molecule has 0 amide bonds. The van der Waals surface area contributed by atoms with Gasteiger partial charge in [-0.15, -0.1) is 10.2 Å². The first-order valence-electron chi connectivity index (χ1n) is 6.10. The van der Waals surface area contributed by atoms with Gasteiger partial charge in [-0.3, -0.25) is 4.40 Å². The SMILES string of the molecule is C[C@H](O)c1ccc(Sc2nnc3ccccn23)c(Cl)c1. The highest BCUT2D eigenvalue weighted by Crippen LogP contribution is 2.33. The fourth-order valence-corrected chi connectivity index (χ4v) is 2.98. The third-order valence-corrected chi connectivity index (χ3v) is 4.38. The molecule has 0 fully saturated rings. The third kappa shape index (κ3) is 2.52. The average molecular weight is 306 g/mol. The van der Waals surface area contributed by atoms with Crippen LogP contribution in [0.4, 0.5) is 0 Å². The van der Waals surface area contributed by atoms with Crippen molar-refractivity contribution in [3.8, 4) is 0 Å². The molecule has 102 valence electrons. The minimum absolute atomic E-state index is 0.527. The molecule has 1 aromatic carbocycles. The Bertz CT molecular complexity index is 757. The molecule has 4 nitrogen and oxygen atoms in total. The summed E-state index contributed by atoms with van der Waals surface area (Å²) >= 11 is 7.70. The molecule has 0 bridgehead atoms. The summed E-state index contributed by atoms with van der Waals surface area (Å²) in [6.07, 6.45) is 1.39. The summed E-state index contributed by atoms with van der Waals surface area (Å²) in [7, 11) is 0. The number of aliphatic hydroxyl groups excluding tert-OH is 1. The molecule has 1 N–H and O–H groups in total. The lowest BCUT2D eigenvalue weighted by Crippen LogP contribution is -1.91. The quantitative estimate of drug-likeness (QED) is 0.803. The summed E-state index contributed by atoms with van der Waals surface area (Å²) in [5, 5.41) is 19.2. The van der Waals surface area contributed by atoms with E-state index in [4.69, 9.17) is 11.6 Å². The normalized spacial score (nSPS) is 12.8. The molecule has 6 heteroatoms. The van der Waals surface area contributed by atoms with Gasteiger partial charge in [-0.25, -0.2) is 0 Å². The van der Waals surface area contributed by atoms with E-state index >= 15 is 0 Å². The van der Waals surface area contributed by atoms with E-state index in [-0.39, 0.29) is 0 Å². The molecule has 20 heavy (non-hydrogen) atoms. The summed E-state index contributed by atoms with van der Waals surface area (Å²) < 4.78 is 1.91. The lowest BCUT2D eigenvalue weighted by Gasteiger charge is -2.08. The second-order valence-corrected chi connectivity index (χ2v) is 5.80. The predicted molar refractivity (Wildman–Crippen MR) is 79.2 cm³/mol. The van der Waals surface area contributed by atoms with Gasteiger partial charge in [0.1, 0.15) is 0 Å². The summed E-state index contributed by atoms with van der Waals surface area (Å²) in [6.45, 7) is 1.71. The zero-order chi connectivity index (χ0) is 14.1. The summed E-state index contributed by atoms with van der Waals surface area (Å²) in [6, 6.07) is 11.3. The highest BCUT2D eigenvalue weighted by molar-refractivity contribution is 7.99. The minimum atomic E-state index is -0.527. The van der Waals surface area contributed by atoms with Crippen LogP contribution >= 0.6 is 23.4 Å². The summed E-state index contributed by atoms with van der Waals surface area (Å²) in [4.78, 5) is 0.884. The van der Waals surface area contributed by atoms with Crippen molar-refractivity contribution >= 4 is 29.0 Å². The Labute approximate surface area is 125 Å². The molecule has 0 spiro atoms. The van der Waals surface area contributed by atoms with Crippen LogP contribution in [0.2, 0.25) is 5.02 Å². The smallest absolute Gasteiger partial charge is 0.200 e. The molecular weight excluding hydrogens is 294 g/mol. The van der Waals surface area contributed by atoms with Gasteiger partial charge in [0.25, 0.3) is 0 Å². The molecule has 0 aliphatic heterocycles. The van der Waals surface area contributed by atoms with Gasteiger partial charge in [-0.05, 0) is 48.5 Å². The zero-order valence-corrected chi connectivity index (χ0v) is 12.3. The van der Waals surface area contributed by atoms with Crippen LogP contribution in [-0.4, -0.2) is 19.7 Å². The van der Waals surface area contributed by atoms with Crippen LogP contribution in [0.25, 0.3) is 5.65 Å². The fraction of sp³-hybridized carbons (Fsp3) is 0.143. The van der Waals surface area contributed by atoms with Crippen LogP contribution in [0, 0.1) is 0 Å². The first kappa shape index (κ1) is 13.4. The molecule has 2 heterocycles. The molecule has 0 saturated carbocycles. The van der Waals surface area contributed by atoms with Crippen molar-refractivity contribution in [1.29, 1.82) is 0 Å². The van der Waals surface area contributed by atoms with E-state index in [1.807, 2.05) is 40.9 Å². The predicted octanol–water partition coefficient (Wildman–Crippen LogP) is 3.59. The standard InChI is InChI=1S/C14H12ClN3OS/c1-9(19)10-5-6-12(11(15)8-10)20-14-17-16-13-4-2-3-7-18(13)14/h2-9,19H,1H3/t9-/m0/s1. The van der Waals surface area contributed by atoms with Crippen LogP contribution in [0.1, 0.15) is 18.6 Å². The first-order valence-corrected chi connectivity index (χ1v) is 7.30. The lowest BCUT2D eigenvalue weighted by molar-refractivity contribution is 0.199. The first-order chi connectivity index (χ1) is 9.65. The lowest BCUT2D eigenvalue weighted by atomic mass is 10.1. The van der Waals surface area contributed by atoms with E-state index in [1.165, 1.54) is 11.8 Å². The van der Waals surface area contributed by atoms with Gasteiger partial charge >= 0.3 is 0 Å². The largest absolute Gasteiger partial charge is 0.389 e. The van der Waals surface area contributed by atoms with Gasteiger partial charge in [0.15, 0.2) is 10.8 Å². The Kier molecular flexibility index (Phi) is 3.65. The van der Waals surface area contributed by atoms with Gasteiger partial charge < -0.3 is 5.11 Å². The number of benzene rings is 1. The maximum absolute atomic E-state index is 9.55. The maximum Gasteiger partial charge on any atom is 0.200 e. The molecule has 3 rings (SSSR count). The molecular formula is C14H12ClN3OS. The molecule has 1 atom stereocenters. The molecule has 2 aromatic heterocycles. The van der Waals surface area contributed by atoms with Crippen LogP contribution < -0.4 is 0 Å². The van der Waals surface area contributed by atoms with Crippen LogP contribution in [0.3, 0.4) is 0 Å².